The molecule has 1 amide bonds. The van der Waals surface area contributed by atoms with Crippen LogP contribution in [0.4, 0.5) is 5.69 Å². The number of carbonyl (C=O) groups excluding carboxylic acids is 2. The minimum absolute atomic E-state index is 0.375. The number of para-hydroxylation sites is 2. The summed E-state index contributed by atoms with van der Waals surface area (Å²) in [6.45, 7) is -0.375. The summed E-state index contributed by atoms with van der Waals surface area (Å²) >= 11 is 0. The van der Waals surface area contributed by atoms with Gasteiger partial charge >= 0.3 is 5.97 Å². The zero-order valence-electron chi connectivity index (χ0n) is 16.7. The molecule has 1 N–H and O–H groups in total. The summed E-state index contributed by atoms with van der Waals surface area (Å²) in [6, 6.07) is 26.8. The highest BCUT2D eigenvalue weighted by Crippen LogP contribution is 2.27. The van der Waals surface area contributed by atoms with Crippen molar-refractivity contribution < 1.29 is 14.3 Å². The first-order valence-electron chi connectivity index (χ1n) is 9.83. The van der Waals surface area contributed by atoms with Crippen molar-refractivity contribution in [1.29, 1.82) is 0 Å². The second kappa shape index (κ2) is 9.50. The molecule has 0 saturated carbocycles. The highest BCUT2D eigenvalue weighted by Gasteiger charge is 2.10. The maximum atomic E-state index is 12.3. The van der Waals surface area contributed by atoms with Crippen LogP contribution in [0.1, 0.15) is 5.56 Å². The monoisotopic (exact) mass is 408 g/mol. The van der Waals surface area contributed by atoms with Crippen molar-refractivity contribution >= 4 is 34.5 Å². The van der Waals surface area contributed by atoms with Gasteiger partial charge in [0.1, 0.15) is 0 Å². The van der Waals surface area contributed by atoms with Gasteiger partial charge in [-0.25, -0.2) is 4.79 Å². The van der Waals surface area contributed by atoms with Crippen LogP contribution in [0.15, 0.2) is 97.2 Å². The molecule has 5 nitrogen and oxygen atoms in total. The van der Waals surface area contributed by atoms with E-state index in [1.165, 1.54) is 6.08 Å². The largest absolute Gasteiger partial charge is 0.452 e. The first-order valence-corrected chi connectivity index (χ1v) is 9.83. The maximum Gasteiger partial charge on any atom is 0.331 e. The predicted molar refractivity (Wildman–Crippen MR) is 122 cm³/mol. The fraction of sp³-hybridized carbons (Fsp3) is 0.0385. The van der Waals surface area contributed by atoms with Crippen LogP contribution in [0, 0.1) is 0 Å². The van der Waals surface area contributed by atoms with Crippen LogP contribution >= 0.6 is 0 Å². The van der Waals surface area contributed by atoms with Crippen LogP contribution < -0.4 is 5.32 Å². The van der Waals surface area contributed by atoms with Gasteiger partial charge in [0.15, 0.2) is 6.61 Å². The number of ether oxygens (including phenoxy) is 1. The van der Waals surface area contributed by atoms with Gasteiger partial charge in [0.2, 0.25) is 0 Å². The van der Waals surface area contributed by atoms with Crippen LogP contribution in [-0.2, 0) is 14.3 Å². The minimum atomic E-state index is -0.598. The first kappa shape index (κ1) is 20.0. The van der Waals surface area contributed by atoms with E-state index < -0.39 is 11.9 Å². The van der Waals surface area contributed by atoms with E-state index in [9.17, 15) is 9.59 Å². The maximum absolute atomic E-state index is 12.3. The van der Waals surface area contributed by atoms with Gasteiger partial charge in [-0.1, -0.05) is 72.8 Å². The number of fused-ring (bicyclic) bond motifs is 1. The van der Waals surface area contributed by atoms with Gasteiger partial charge in [-0.05, 0) is 23.8 Å². The molecule has 0 fully saturated rings. The molecule has 0 aliphatic rings. The summed E-state index contributed by atoms with van der Waals surface area (Å²) in [7, 11) is 0. The molecule has 0 aliphatic carbocycles. The van der Waals surface area contributed by atoms with E-state index in [1.54, 1.807) is 12.3 Å². The highest BCUT2D eigenvalue weighted by atomic mass is 16.5. The Kier molecular flexibility index (Phi) is 6.14. The predicted octanol–water partition coefficient (Wildman–Crippen LogP) is 5.10. The molecule has 0 radical (unpaired) electrons. The number of nitrogens with zero attached hydrogens (tertiary/aromatic N) is 1. The van der Waals surface area contributed by atoms with E-state index in [-0.39, 0.29) is 6.61 Å². The lowest BCUT2D eigenvalue weighted by molar-refractivity contribution is -0.142. The normalized spacial score (nSPS) is 10.8. The van der Waals surface area contributed by atoms with Gasteiger partial charge in [0.25, 0.3) is 5.91 Å². The fourth-order valence-electron chi connectivity index (χ4n) is 3.25. The number of hydrogen-bond acceptors (Lipinski definition) is 4. The van der Waals surface area contributed by atoms with E-state index in [2.05, 4.69) is 10.3 Å². The third kappa shape index (κ3) is 5.03. The number of amides is 1. The summed E-state index contributed by atoms with van der Waals surface area (Å²) in [5, 5.41) is 3.79. The summed E-state index contributed by atoms with van der Waals surface area (Å²) < 4.78 is 5.10. The molecule has 3 aromatic carbocycles. The van der Waals surface area contributed by atoms with Crippen LogP contribution in [-0.4, -0.2) is 23.5 Å². The van der Waals surface area contributed by atoms with Crippen LogP contribution in [0.2, 0.25) is 0 Å². The quantitative estimate of drug-likeness (QED) is 0.356. The molecular formula is C26H20N2O3. The number of anilines is 1. The van der Waals surface area contributed by atoms with Crippen molar-refractivity contribution in [3.8, 4) is 11.1 Å². The number of rotatable bonds is 6. The third-order valence-corrected chi connectivity index (χ3v) is 4.69. The van der Waals surface area contributed by atoms with E-state index in [0.29, 0.717) is 5.69 Å². The minimum Gasteiger partial charge on any atom is -0.452 e. The Morgan fingerprint density at radius 1 is 0.871 bits per heavy atom. The number of nitrogens with one attached hydrogen (secondary N) is 1. The Bertz CT molecular complexity index is 1240. The lowest BCUT2D eigenvalue weighted by atomic mass is 10.0. The van der Waals surface area contributed by atoms with Crippen LogP contribution in [0.5, 0.6) is 0 Å². The molecule has 4 aromatic rings. The summed E-state index contributed by atoms with van der Waals surface area (Å²) in [4.78, 5) is 28.8. The second-order valence-electron chi connectivity index (χ2n) is 6.82. The average molecular weight is 408 g/mol. The summed E-state index contributed by atoms with van der Waals surface area (Å²) in [5.41, 5.74) is 4.14. The van der Waals surface area contributed by atoms with Gasteiger partial charge in [-0.3, -0.25) is 9.78 Å². The van der Waals surface area contributed by atoms with Crippen molar-refractivity contribution in [2.24, 2.45) is 0 Å². The van der Waals surface area contributed by atoms with Gasteiger partial charge in [0, 0.05) is 34.5 Å². The Balaban J connectivity index is 1.37. The average Bonchev–Trinajstić information content (AvgIpc) is 2.82. The molecule has 31 heavy (non-hydrogen) atoms. The Labute approximate surface area is 180 Å². The summed E-state index contributed by atoms with van der Waals surface area (Å²) in [5.74, 6) is -1.00. The number of esters is 1. The Hall–Kier alpha value is -4.25. The van der Waals surface area contributed by atoms with Crippen molar-refractivity contribution in [2.75, 3.05) is 11.9 Å². The fourth-order valence-corrected chi connectivity index (χ4v) is 3.25. The van der Waals surface area contributed by atoms with Crippen LogP contribution in [0.25, 0.3) is 28.1 Å². The van der Waals surface area contributed by atoms with E-state index in [4.69, 9.17) is 4.74 Å². The zero-order chi connectivity index (χ0) is 21.5. The smallest absolute Gasteiger partial charge is 0.331 e. The summed E-state index contributed by atoms with van der Waals surface area (Å²) in [6.07, 6.45) is 4.64. The standard InChI is InChI=1S/C26H20N2O3/c29-24(28-23-14-5-4-13-22(23)19-8-2-1-3-9-19)18-31-25(30)16-15-21-11-6-10-20-12-7-17-27-26(20)21/h1-17H,18H2,(H,28,29). The molecule has 1 heterocycles. The van der Waals surface area contributed by atoms with Gasteiger partial charge < -0.3 is 10.1 Å². The Morgan fingerprint density at radius 2 is 1.65 bits per heavy atom. The van der Waals surface area contributed by atoms with Crippen molar-refractivity contribution in [1.82, 2.24) is 4.98 Å². The molecule has 1 aromatic heterocycles. The lowest BCUT2D eigenvalue weighted by Crippen LogP contribution is -2.20. The van der Waals surface area contributed by atoms with Crippen molar-refractivity contribution in [3.63, 3.8) is 0 Å². The number of aromatic nitrogens is 1. The van der Waals surface area contributed by atoms with E-state index >= 15 is 0 Å². The number of hydrogen-bond donors (Lipinski definition) is 1. The van der Waals surface area contributed by atoms with Gasteiger partial charge in [0.05, 0.1) is 5.52 Å². The number of carbonyl (C=O) groups is 2. The Morgan fingerprint density at radius 3 is 2.52 bits per heavy atom. The van der Waals surface area contributed by atoms with E-state index in [0.717, 1.165) is 27.6 Å². The molecule has 0 aliphatic heterocycles. The van der Waals surface area contributed by atoms with Gasteiger partial charge in [-0.15, -0.1) is 0 Å². The molecule has 5 heteroatoms. The molecule has 0 saturated heterocycles. The molecule has 0 spiro atoms. The molecule has 4 rings (SSSR count). The number of pyridine rings is 1. The number of benzene rings is 3. The highest BCUT2D eigenvalue weighted by molar-refractivity contribution is 5.98. The topological polar surface area (TPSA) is 68.3 Å². The molecule has 0 bridgehead atoms. The van der Waals surface area contributed by atoms with E-state index in [1.807, 2.05) is 84.9 Å². The molecular weight excluding hydrogens is 388 g/mol. The first-order chi connectivity index (χ1) is 15.2. The molecule has 0 unspecified atom stereocenters. The lowest BCUT2D eigenvalue weighted by Gasteiger charge is -2.11. The SMILES string of the molecule is O=C(COC(=O)C=Cc1cccc2cccnc12)Nc1ccccc1-c1ccccc1. The van der Waals surface area contributed by atoms with Crippen molar-refractivity contribution in [2.45, 2.75) is 0 Å². The molecule has 152 valence electrons. The zero-order valence-corrected chi connectivity index (χ0v) is 16.7. The molecule has 0 atom stereocenters. The van der Waals surface area contributed by atoms with Crippen LogP contribution in [0.3, 0.4) is 0 Å². The third-order valence-electron chi connectivity index (χ3n) is 4.69. The second-order valence-corrected chi connectivity index (χ2v) is 6.82. The van der Waals surface area contributed by atoms with Crippen molar-refractivity contribution in [3.05, 3.63) is 103 Å². The van der Waals surface area contributed by atoms with Gasteiger partial charge in [-0.2, -0.15) is 0 Å².